The van der Waals surface area contributed by atoms with E-state index in [0.717, 1.165) is 42.6 Å². The van der Waals surface area contributed by atoms with Crippen LogP contribution in [0.15, 0.2) is 29.3 Å². The van der Waals surface area contributed by atoms with Crippen LogP contribution in [0, 0.1) is 12.7 Å². The Labute approximate surface area is 194 Å². The van der Waals surface area contributed by atoms with Crippen molar-refractivity contribution < 1.29 is 9.18 Å². The zero-order chi connectivity index (χ0) is 23.1. The van der Waals surface area contributed by atoms with E-state index in [-0.39, 0.29) is 23.2 Å². The molecule has 4 heterocycles. The van der Waals surface area contributed by atoms with Crippen molar-refractivity contribution in [3.63, 3.8) is 0 Å². The lowest BCUT2D eigenvalue weighted by atomic mass is 9.96. The topological polar surface area (TPSA) is 83.9 Å². The number of amides is 1. The molecule has 0 atom stereocenters. The van der Waals surface area contributed by atoms with E-state index in [1.165, 1.54) is 23.5 Å². The second-order valence-electron chi connectivity index (χ2n) is 8.68. The largest absolute Gasteiger partial charge is 0.342 e. The van der Waals surface area contributed by atoms with Crippen LogP contribution in [0.5, 0.6) is 0 Å². The third-order valence-corrected chi connectivity index (χ3v) is 7.68. The van der Waals surface area contributed by atoms with Crippen LogP contribution < -0.4 is 5.56 Å². The van der Waals surface area contributed by atoms with E-state index in [0.29, 0.717) is 40.2 Å². The number of piperidine rings is 1. The van der Waals surface area contributed by atoms with Crippen molar-refractivity contribution in [2.24, 2.45) is 0 Å². The van der Waals surface area contributed by atoms with Gasteiger partial charge in [0.25, 0.3) is 11.5 Å². The molecule has 1 saturated heterocycles. The van der Waals surface area contributed by atoms with Crippen LogP contribution in [-0.2, 0) is 6.54 Å². The normalized spacial score (nSPS) is 15.1. The summed E-state index contributed by atoms with van der Waals surface area (Å²) in [6.45, 7) is 5.78. The maximum Gasteiger partial charge on any atom is 0.264 e. The van der Waals surface area contributed by atoms with E-state index in [1.807, 2.05) is 11.8 Å². The van der Waals surface area contributed by atoms with Gasteiger partial charge < -0.3 is 9.88 Å². The summed E-state index contributed by atoms with van der Waals surface area (Å²) in [7, 11) is 0. The first kappa shape index (κ1) is 21.8. The molecule has 33 heavy (non-hydrogen) atoms. The smallest absolute Gasteiger partial charge is 0.264 e. The van der Waals surface area contributed by atoms with Crippen LogP contribution >= 0.6 is 11.3 Å². The first-order valence-corrected chi connectivity index (χ1v) is 12.2. The standard InChI is InChI=1S/C24H26FN5O2S/c1-3-4-9-30-13-26-22-19(23(30)31)14(2)20(33-22)24(32)29-10-7-15(8-11-29)21-27-17-6-5-16(25)12-18(17)28-21/h5-6,12-13,15H,3-4,7-11H2,1-2H3,(H,27,28). The fraction of sp³-hybridized carbons (Fsp3) is 0.417. The number of hydrogen-bond acceptors (Lipinski definition) is 5. The third kappa shape index (κ3) is 3.94. The van der Waals surface area contributed by atoms with Crippen molar-refractivity contribution in [3.05, 3.63) is 57.0 Å². The maximum atomic E-state index is 13.5. The monoisotopic (exact) mass is 467 g/mol. The molecule has 4 aromatic rings. The fourth-order valence-electron chi connectivity index (χ4n) is 4.55. The van der Waals surface area contributed by atoms with Gasteiger partial charge in [0.15, 0.2) is 0 Å². The summed E-state index contributed by atoms with van der Waals surface area (Å²) in [4.78, 5) is 41.6. The van der Waals surface area contributed by atoms with E-state index in [9.17, 15) is 14.0 Å². The number of hydrogen-bond donors (Lipinski definition) is 1. The van der Waals surface area contributed by atoms with Crippen LogP contribution in [0.1, 0.15) is 59.6 Å². The second kappa shape index (κ2) is 8.70. The minimum absolute atomic E-state index is 0.0415. The van der Waals surface area contributed by atoms with Gasteiger partial charge in [-0.2, -0.15) is 0 Å². The molecule has 0 saturated carbocycles. The number of carbonyl (C=O) groups excluding carboxylic acids is 1. The van der Waals surface area contributed by atoms with Crippen LogP contribution in [-0.4, -0.2) is 43.4 Å². The zero-order valence-corrected chi connectivity index (χ0v) is 19.5. The number of rotatable bonds is 5. The minimum Gasteiger partial charge on any atom is -0.342 e. The van der Waals surface area contributed by atoms with Crippen LogP contribution in [0.4, 0.5) is 4.39 Å². The molecule has 1 amide bonds. The Hall–Kier alpha value is -3.07. The fourth-order valence-corrected chi connectivity index (χ4v) is 5.65. The van der Waals surface area contributed by atoms with E-state index in [1.54, 1.807) is 17.0 Å². The number of nitrogens with zero attached hydrogens (tertiary/aromatic N) is 4. The molecular formula is C24H26FN5O2S. The van der Waals surface area contributed by atoms with Gasteiger partial charge in [0.05, 0.1) is 27.6 Å². The number of imidazole rings is 1. The van der Waals surface area contributed by atoms with Crippen LogP contribution in [0.25, 0.3) is 21.3 Å². The van der Waals surface area contributed by atoms with Gasteiger partial charge in [0.2, 0.25) is 0 Å². The number of likely N-dealkylation sites (tertiary alicyclic amines) is 1. The predicted molar refractivity (Wildman–Crippen MR) is 127 cm³/mol. The average Bonchev–Trinajstić information content (AvgIpc) is 3.39. The first-order chi connectivity index (χ1) is 16.0. The third-order valence-electron chi connectivity index (χ3n) is 6.50. The second-order valence-corrected chi connectivity index (χ2v) is 9.68. The first-order valence-electron chi connectivity index (χ1n) is 11.4. The Morgan fingerprint density at radius 1 is 1.30 bits per heavy atom. The number of aromatic amines is 1. The molecule has 1 aliphatic heterocycles. The highest BCUT2D eigenvalue weighted by Crippen LogP contribution is 2.32. The number of thiophene rings is 1. The van der Waals surface area contributed by atoms with Crippen LogP contribution in [0.3, 0.4) is 0 Å². The van der Waals surface area contributed by atoms with Gasteiger partial charge in [-0.1, -0.05) is 13.3 Å². The van der Waals surface area contributed by atoms with Crippen molar-refractivity contribution in [1.29, 1.82) is 0 Å². The highest BCUT2D eigenvalue weighted by Gasteiger charge is 2.29. The number of carbonyl (C=O) groups is 1. The van der Waals surface area contributed by atoms with Gasteiger partial charge in [0, 0.05) is 25.6 Å². The lowest BCUT2D eigenvalue weighted by Crippen LogP contribution is -2.38. The van der Waals surface area contributed by atoms with E-state index < -0.39 is 0 Å². The molecule has 0 unspecified atom stereocenters. The van der Waals surface area contributed by atoms with Crippen molar-refractivity contribution in [2.75, 3.05) is 13.1 Å². The molecule has 0 radical (unpaired) electrons. The lowest BCUT2D eigenvalue weighted by Gasteiger charge is -2.31. The summed E-state index contributed by atoms with van der Waals surface area (Å²) in [5, 5.41) is 0.561. The summed E-state index contributed by atoms with van der Waals surface area (Å²) in [5.74, 6) is 0.710. The molecule has 1 aromatic carbocycles. The quantitative estimate of drug-likeness (QED) is 0.465. The molecule has 1 aliphatic rings. The number of fused-ring (bicyclic) bond motifs is 2. The van der Waals surface area contributed by atoms with Gasteiger partial charge in [0.1, 0.15) is 16.5 Å². The number of aromatic nitrogens is 4. The highest BCUT2D eigenvalue weighted by molar-refractivity contribution is 7.20. The Bertz CT molecular complexity index is 1400. The van der Waals surface area contributed by atoms with Crippen molar-refractivity contribution >= 4 is 38.5 Å². The molecule has 5 rings (SSSR count). The SMILES string of the molecule is CCCCn1cnc2sc(C(=O)N3CCC(c4nc5ccc(F)cc5[nH]4)CC3)c(C)c2c1=O. The van der Waals surface area contributed by atoms with Crippen molar-refractivity contribution in [1.82, 2.24) is 24.4 Å². The minimum atomic E-state index is -0.288. The summed E-state index contributed by atoms with van der Waals surface area (Å²) in [6.07, 6.45) is 5.06. The molecule has 7 nitrogen and oxygen atoms in total. The number of halogens is 1. The van der Waals surface area contributed by atoms with Crippen LogP contribution in [0.2, 0.25) is 0 Å². The van der Waals surface area contributed by atoms with Crippen molar-refractivity contribution in [3.8, 4) is 0 Å². The maximum absolute atomic E-state index is 13.5. The number of unbranched alkanes of at least 4 members (excludes halogenated alkanes) is 1. The molecule has 0 spiro atoms. The van der Waals surface area contributed by atoms with Crippen molar-refractivity contribution in [2.45, 2.75) is 52.0 Å². The Kier molecular flexibility index (Phi) is 5.74. The van der Waals surface area contributed by atoms with Gasteiger partial charge >= 0.3 is 0 Å². The van der Waals surface area contributed by atoms with E-state index in [4.69, 9.17) is 0 Å². The molecule has 0 bridgehead atoms. The number of aryl methyl sites for hydroxylation is 2. The summed E-state index contributed by atoms with van der Waals surface area (Å²) >= 11 is 1.30. The predicted octanol–water partition coefficient (Wildman–Crippen LogP) is 4.60. The molecule has 1 fully saturated rings. The van der Waals surface area contributed by atoms with E-state index in [2.05, 4.69) is 21.9 Å². The Balaban J connectivity index is 1.33. The zero-order valence-electron chi connectivity index (χ0n) is 18.7. The van der Waals surface area contributed by atoms with Gasteiger partial charge in [-0.05, 0) is 49.9 Å². The summed E-state index contributed by atoms with van der Waals surface area (Å²) < 4.78 is 15.1. The van der Waals surface area contributed by atoms with Gasteiger partial charge in [-0.15, -0.1) is 11.3 Å². The van der Waals surface area contributed by atoms with Gasteiger partial charge in [-0.25, -0.2) is 14.4 Å². The number of benzene rings is 1. The molecule has 0 aliphatic carbocycles. The Morgan fingerprint density at radius 3 is 2.85 bits per heavy atom. The lowest BCUT2D eigenvalue weighted by molar-refractivity contribution is 0.0715. The molecule has 3 aromatic heterocycles. The number of H-pyrrole nitrogens is 1. The molecule has 172 valence electrons. The average molecular weight is 468 g/mol. The van der Waals surface area contributed by atoms with Gasteiger partial charge in [-0.3, -0.25) is 14.2 Å². The number of nitrogens with one attached hydrogen (secondary N) is 1. The summed E-state index contributed by atoms with van der Waals surface area (Å²) in [5.41, 5.74) is 2.11. The highest BCUT2D eigenvalue weighted by atomic mass is 32.1. The molecule has 1 N–H and O–H groups in total. The van der Waals surface area contributed by atoms with E-state index >= 15 is 0 Å². The summed E-state index contributed by atoms with van der Waals surface area (Å²) in [6, 6.07) is 4.55. The molecule has 9 heteroatoms. The Morgan fingerprint density at radius 2 is 2.09 bits per heavy atom. The molecular weight excluding hydrogens is 441 g/mol.